The van der Waals surface area contributed by atoms with Crippen LogP contribution in [0, 0.1) is 6.92 Å². The summed E-state index contributed by atoms with van der Waals surface area (Å²) in [6.45, 7) is 3.66. The molecule has 0 aliphatic rings. The molecule has 0 radical (unpaired) electrons. The zero-order valence-corrected chi connectivity index (χ0v) is 13.2. The number of amides is 1. The molecule has 1 amide bonds. The van der Waals surface area contributed by atoms with Crippen molar-refractivity contribution in [1.29, 1.82) is 0 Å². The Morgan fingerprint density at radius 3 is 2.67 bits per heavy atom. The van der Waals surface area contributed by atoms with Gasteiger partial charge in [0.05, 0.1) is 24.4 Å². The van der Waals surface area contributed by atoms with Crippen molar-refractivity contribution in [3.8, 4) is 5.75 Å². The molecule has 1 N–H and O–H groups in total. The highest BCUT2D eigenvalue weighted by molar-refractivity contribution is 6.33. The van der Waals surface area contributed by atoms with E-state index in [0.29, 0.717) is 16.4 Å². The molecule has 1 unspecified atom stereocenters. The second kappa shape index (κ2) is 6.18. The number of hydrogen-bond acceptors (Lipinski definition) is 3. The van der Waals surface area contributed by atoms with Crippen LogP contribution in [-0.4, -0.2) is 22.8 Å². The summed E-state index contributed by atoms with van der Waals surface area (Å²) >= 11 is 6.11. The smallest absolute Gasteiger partial charge is 0.256 e. The minimum Gasteiger partial charge on any atom is -0.496 e. The van der Waals surface area contributed by atoms with E-state index in [1.807, 2.05) is 31.2 Å². The van der Waals surface area contributed by atoms with Crippen LogP contribution in [0.25, 0.3) is 0 Å². The number of rotatable bonds is 4. The van der Waals surface area contributed by atoms with Crippen LogP contribution in [0.1, 0.15) is 34.6 Å². The molecule has 0 bridgehead atoms. The topological polar surface area (TPSA) is 56.1 Å². The number of methoxy groups -OCH3 is 1. The third kappa shape index (κ3) is 3.03. The molecule has 6 heteroatoms. The number of halogens is 1. The van der Waals surface area contributed by atoms with E-state index in [4.69, 9.17) is 16.3 Å². The zero-order valence-electron chi connectivity index (χ0n) is 12.5. The first-order chi connectivity index (χ1) is 9.95. The molecule has 0 fully saturated rings. The number of aromatic nitrogens is 2. The minimum absolute atomic E-state index is 0.204. The van der Waals surface area contributed by atoms with Crippen molar-refractivity contribution in [2.45, 2.75) is 19.9 Å². The van der Waals surface area contributed by atoms with Crippen LogP contribution < -0.4 is 10.1 Å². The summed E-state index contributed by atoms with van der Waals surface area (Å²) in [5.41, 5.74) is 1.92. The number of hydrogen-bond donors (Lipinski definition) is 1. The van der Waals surface area contributed by atoms with Crippen LogP contribution in [0.2, 0.25) is 5.15 Å². The molecule has 112 valence electrons. The molecule has 1 aromatic carbocycles. The Balaban J connectivity index is 2.23. The molecule has 1 atom stereocenters. The van der Waals surface area contributed by atoms with E-state index in [1.54, 1.807) is 21.1 Å². The number of nitrogens with one attached hydrogen (secondary N) is 1. The number of nitrogens with zero attached hydrogens (tertiary/aromatic N) is 2. The summed E-state index contributed by atoms with van der Waals surface area (Å²) in [5.74, 6) is 0.489. The van der Waals surface area contributed by atoms with Crippen LogP contribution >= 0.6 is 11.6 Å². The van der Waals surface area contributed by atoms with E-state index in [9.17, 15) is 4.79 Å². The SMILES string of the molecule is COc1ccccc1C(C)NC(=O)c1c(C)nn(C)c1Cl. The highest BCUT2D eigenvalue weighted by atomic mass is 35.5. The quantitative estimate of drug-likeness (QED) is 0.945. The monoisotopic (exact) mass is 307 g/mol. The first-order valence-corrected chi connectivity index (χ1v) is 6.96. The van der Waals surface area contributed by atoms with Gasteiger partial charge in [0.2, 0.25) is 0 Å². The number of benzene rings is 1. The van der Waals surface area contributed by atoms with Gasteiger partial charge in [0.15, 0.2) is 0 Å². The molecule has 0 saturated heterocycles. The van der Waals surface area contributed by atoms with Crippen LogP contribution in [0.5, 0.6) is 5.75 Å². The molecular formula is C15H18ClN3O2. The molecule has 0 aliphatic heterocycles. The second-order valence-electron chi connectivity index (χ2n) is 4.81. The number of carbonyl (C=O) groups excluding carboxylic acids is 1. The first-order valence-electron chi connectivity index (χ1n) is 6.58. The molecular weight excluding hydrogens is 290 g/mol. The molecule has 2 rings (SSSR count). The average molecular weight is 308 g/mol. The van der Waals surface area contributed by atoms with Crippen molar-refractivity contribution in [2.24, 2.45) is 7.05 Å². The standard InChI is InChI=1S/C15H18ClN3O2/c1-9(11-7-5-6-8-12(11)21-4)17-15(20)13-10(2)18-19(3)14(13)16/h5-9H,1-4H3,(H,17,20). The third-order valence-electron chi connectivity index (χ3n) is 3.33. The first kappa shape index (κ1) is 15.4. The lowest BCUT2D eigenvalue weighted by Gasteiger charge is -2.17. The number of carbonyl (C=O) groups is 1. The summed E-state index contributed by atoms with van der Waals surface area (Å²) in [6, 6.07) is 7.37. The van der Waals surface area contributed by atoms with E-state index < -0.39 is 0 Å². The summed E-state index contributed by atoms with van der Waals surface area (Å²) in [4.78, 5) is 12.4. The van der Waals surface area contributed by atoms with Gasteiger partial charge < -0.3 is 10.1 Å². The molecule has 0 aliphatic carbocycles. The van der Waals surface area contributed by atoms with E-state index in [1.165, 1.54) is 4.68 Å². The Bertz CT molecular complexity index is 667. The average Bonchev–Trinajstić information content (AvgIpc) is 2.71. The van der Waals surface area contributed by atoms with Crippen LogP contribution in [0.4, 0.5) is 0 Å². The molecule has 2 aromatic rings. The van der Waals surface area contributed by atoms with Crippen molar-refractivity contribution < 1.29 is 9.53 Å². The van der Waals surface area contributed by atoms with Crippen LogP contribution in [-0.2, 0) is 7.05 Å². The summed E-state index contributed by atoms with van der Waals surface area (Å²) in [5, 5.41) is 7.40. The highest BCUT2D eigenvalue weighted by Gasteiger charge is 2.21. The Labute approximate surface area is 128 Å². The maximum atomic E-state index is 12.4. The highest BCUT2D eigenvalue weighted by Crippen LogP contribution is 2.25. The minimum atomic E-state index is -0.246. The maximum absolute atomic E-state index is 12.4. The van der Waals surface area contributed by atoms with Gasteiger partial charge in [0, 0.05) is 12.6 Å². The second-order valence-corrected chi connectivity index (χ2v) is 5.17. The van der Waals surface area contributed by atoms with Crippen LogP contribution in [0.3, 0.4) is 0 Å². The fourth-order valence-corrected chi connectivity index (χ4v) is 2.52. The van der Waals surface area contributed by atoms with Crippen molar-refractivity contribution >= 4 is 17.5 Å². The molecule has 5 nitrogen and oxygen atoms in total. The Morgan fingerprint density at radius 1 is 1.43 bits per heavy atom. The van der Waals surface area contributed by atoms with Crippen molar-refractivity contribution in [3.63, 3.8) is 0 Å². The zero-order chi connectivity index (χ0) is 15.6. The number of aryl methyl sites for hydroxylation is 2. The third-order valence-corrected chi connectivity index (χ3v) is 3.77. The van der Waals surface area contributed by atoms with Gasteiger partial charge in [-0.05, 0) is 19.9 Å². The number of para-hydroxylation sites is 1. The van der Waals surface area contributed by atoms with Gasteiger partial charge in [0.25, 0.3) is 5.91 Å². The Hall–Kier alpha value is -2.01. The molecule has 1 heterocycles. The van der Waals surface area contributed by atoms with E-state index in [2.05, 4.69) is 10.4 Å². The van der Waals surface area contributed by atoms with Gasteiger partial charge in [-0.15, -0.1) is 0 Å². The Morgan fingerprint density at radius 2 is 2.10 bits per heavy atom. The summed E-state index contributed by atoms with van der Waals surface area (Å²) in [6.07, 6.45) is 0. The predicted octanol–water partition coefficient (Wildman–Crippen LogP) is 2.88. The van der Waals surface area contributed by atoms with E-state index in [0.717, 1.165) is 11.3 Å². The maximum Gasteiger partial charge on any atom is 0.256 e. The van der Waals surface area contributed by atoms with Gasteiger partial charge in [0.1, 0.15) is 10.9 Å². The van der Waals surface area contributed by atoms with Gasteiger partial charge in [-0.3, -0.25) is 9.48 Å². The van der Waals surface area contributed by atoms with E-state index in [-0.39, 0.29) is 11.9 Å². The lowest BCUT2D eigenvalue weighted by atomic mass is 10.1. The van der Waals surface area contributed by atoms with Crippen molar-refractivity contribution in [1.82, 2.24) is 15.1 Å². The van der Waals surface area contributed by atoms with Crippen molar-refractivity contribution in [3.05, 3.63) is 46.2 Å². The van der Waals surface area contributed by atoms with Gasteiger partial charge >= 0.3 is 0 Å². The van der Waals surface area contributed by atoms with Crippen LogP contribution in [0.15, 0.2) is 24.3 Å². The summed E-state index contributed by atoms with van der Waals surface area (Å²) < 4.78 is 6.80. The molecule has 1 aromatic heterocycles. The van der Waals surface area contributed by atoms with Crippen molar-refractivity contribution in [2.75, 3.05) is 7.11 Å². The molecule has 0 spiro atoms. The number of ether oxygens (including phenoxy) is 1. The van der Waals surface area contributed by atoms with E-state index >= 15 is 0 Å². The lowest BCUT2D eigenvalue weighted by molar-refractivity contribution is 0.0939. The lowest BCUT2D eigenvalue weighted by Crippen LogP contribution is -2.27. The van der Waals surface area contributed by atoms with Gasteiger partial charge in [-0.1, -0.05) is 29.8 Å². The molecule has 21 heavy (non-hydrogen) atoms. The normalized spacial score (nSPS) is 12.0. The fraction of sp³-hybridized carbons (Fsp3) is 0.333. The largest absolute Gasteiger partial charge is 0.496 e. The summed E-state index contributed by atoms with van der Waals surface area (Å²) in [7, 11) is 3.31. The van der Waals surface area contributed by atoms with Gasteiger partial charge in [-0.25, -0.2) is 0 Å². The fourth-order valence-electron chi connectivity index (χ4n) is 2.26. The Kier molecular flexibility index (Phi) is 4.53. The predicted molar refractivity (Wildman–Crippen MR) is 81.8 cm³/mol. The van der Waals surface area contributed by atoms with Gasteiger partial charge in [-0.2, -0.15) is 5.10 Å². The molecule has 0 saturated carbocycles.